The number of nitrogens with one attached hydrogen (secondary N) is 1. The lowest BCUT2D eigenvalue weighted by Crippen LogP contribution is -2.44. The van der Waals surface area contributed by atoms with Gasteiger partial charge >= 0.3 is 6.18 Å². The average molecular weight is 228 g/mol. The van der Waals surface area contributed by atoms with E-state index in [1.54, 1.807) is 11.8 Å². The molecule has 0 saturated carbocycles. The van der Waals surface area contributed by atoms with Crippen LogP contribution in [0.4, 0.5) is 13.2 Å². The molecule has 1 heterocycles. The van der Waals surface area contributed by atoms with Crippen molar-refractivity contribution >= 4 is 11.8 Å². The van der Waals surface area contributed by atoms with Gasteiger partial charge < -0.3 is 5.32 Å². The molecule has 1 aliphatic rings. The maximum Gasteiger partial charge on any atom is 0.401 e. The number of hydrogen-bond acceptors (Lipinski definition) is 3. The van der Waals surface area contributed by atoms with Crippen molar-refractivity contribution in [3.8, 4) is 0 Å². The third-order valence-corrected chi connectivity index (χ3v) is 3.51. The molecule has 0 bridgehead atoms. The van der Waals surface area contributed by atoms with E-state index < -0.39 is 12.7 Å². The van der Waals surface area contributed by atoms with Crippen LogP contribution in [-0.2, 0) is 0 Å². The Kier molecular flexibility index (Phi) is 4.09. The van der Waals surface area contributed by atoms with Crippen LogP contribution in [0.25, 0.3) is 0 Å². The summed E-state index contributed by atoms with van der Waals surface area (Å²) in [6.07, 6.45) is -2.16. The minimum absolute atomic E-state index is 0.00775. The topological polar surface area (TPSA) is 15.3 Å². The van der Waals surface area contributed by atoms with E-state index in [0.29, 0.717) is 6.54 Å². The Bertz CT molecular complexity index is 186. The Morgan fingerprint density at radius 1 is 1.43 bits per heavy atom. The minimum Gasteiger partial charge on any atom is -0.314 e. The van der Waals surface area contributed by atoms with E-state index in [1.165, 1.54) is 11.9 Å². The highest BCUT2D eigenvalue weighted by Gasteiger charge is 2.36. The summed E-state index contributed by atoms with van der Waals surface area (Å²) in [5.74, 6) is 0. The minimum atomic E-state index is -4.10. The fraction of sp³-hybridized carbons (Fsp3) is 1.00. The number of halogens is 3. The summed E-state index contributed by atoms with van der Waals surface area (Å²) in [7, 11) is 1.54. The van der Waals surface area contributed by atoms with Gasteiger partial charge in [-0.3, -0.25) is 4.90 Å². The van der Waals surface area contributed by atoms with Crippen molar-refractivity contribution in [2.45, 2.75) is 17.5 Å². The molecule has 2 atom stereocenters. The average Bonchev–Trinajstić information content (AvgIpc) is 2.47. The number of likely N-dealkylation sites (N-methyl/N-ethyl adjacent to an activating group) is 1. The molecule has 0 spiro atoms. The molecule has 0 aromatic heterocycles. The van der Waals surface area contributed by atoms with Gasteiger partial charge in [0.15, 0.2) is 0 Å². The van der Waals surface area contributed by atoms with Gasteiger partial charge in [0.05, 0.1) is 6.54 Å². The second-order valence-electron chi connectivity index (χ2n) is 3.53. The Morgan fingerprint density at radius 3 is 2.57 bits per heavy atom. The van der Waals surface area contributed by atoms with Crippen molar-refractivity contribution in [3.05, 3.63) is 0 Å². The number of nitrogens with zero attached hydrogens (tertiary/aromatic N) is 1. The largest absolute Gasteiger partial charge is 0.401 e. The smallest absolute Gasteiger partial charge is 0.314 e. The van der Waals surface area contributed by atoms with Gasteiger partial charge in [0.25, 0.3) is 0 Å². The zero-order chi connectivity index (χ0) is 10.8. The van der Waals surface area contributed by atoms with E-state index in [0.717, 1.165) is 6.54 Å². The lowest BCUT2D eigenvalue weighted by Gasteiger charge is -2.28. The highest BCUT2D eigenvalue weighted by molar-refractivity contribution is 7.99. The molecule has 0 aliphatic carbocycles. The van der Waals surface area contributed by atoms with Crippen LogP contribution in [0.2, 0.25) is 0 Å². The van der Waals surface area contributed by atoms with E-state index in [9.17, 15) is 13.2 Å². The Balaban J connectivity index is 2.47. The molecule has 2 nitrogen and oxygen atoms in total. The van der Waals surface area contributed by atoms with E-state index in [-0.39, 0.29) is 11.3 Å². The zero-order valence-electron chi connectivity index (χ0n) is 8.27. The maximum absolute atomic E-state index is 12.1. The third kappa shape index (κ3) is 3.33. The van der Waals surface area contributed by atoms with Crippen molar-refractivity contribution in [1.29, 1.82) is 0 Å². The molecule has 1 rings (SSSR count). The van der Waals surface area contributed by atoms with E-state index in [1.807, 2.05) is 6.26 Å². The van der Waals surface area contributed by atoms with E-state index >= 15 is 0 Å². The first-order valence-electron chi connectivity index (χ1n) is 4.44. The first-order valence-corrected chi connectivity index (χ1v) is 5.73. The van der Waals surface area contributed by atoms with Crippen LogP contribution in [-0.4, -0.2) is 55.3 Å². The van der Waals surface area contributed by atoms with Crippen molar-refractivity contribution in [3.63, 3.8) is 0 Å². The summed E-state index contributed by atoms with van der Waals surface area (Å²) in [5.41, 5.74) is 0. The normalized spacial score (nSPS) is 28.7. The highest BCUT2D eigenvalue weighted by Crippen LogP contribution is 2.23. The molecule has 2 unspecified atom stereocenters. The molecular weight excluding hydrogens is 213 g/mol. The molecule has 0 radical (unpaired) electrons. The Morgan fingerprint density at radius 2 is 2.07 bits per heavy atom. The van der Waals surface area contributed by atoms with Gasteiger partial charge in [0, 0.05) is 24.4 Å². The van der Waals surface area contributed by atoms with Crippen LogP contribution in [0.5, 0.6) is 0 Å². The van der Waals surface area contributed by atoms with Crippen LogP contribution < -0.4 is 5.32 Å². The van der Waals surface area contributed by atoms with Crippen LogP contribution in [0.1, 0.15) is 0 Å². The quantitative estimate of drug-likeness (QED) is 0.781. The summed E-state index contributed by atoms with van der Waals surface area (Å²) >= 11 is 1.62. The molecule has 14 heavy (non-hydrogen) atoms. The second-order valence-corrected chi connectivity index (χ2v) is 4.61. The SMILES string of the molecule is CSC1CNCC1N(C)CC(F)(F)F. The lowest BCUT2D eigenvalue weighted by atomic mass is 10.2. The highest BCUT2D eigenvalue weighted by atomic mass is 32.2. The van der Waals surface area contributed by atoms with Crippen LogP contribution in [0.15, 0.2) is 0 Å². The molecule has 0 amide bonds. The Labute approximate surface area is 86.2 Å². The van der Waals surface area contributed by atoms with Crippen LogP contribution in [0.3, 0.4) is 0 Å². The summed E-state index contributed by atoms with van der Waals surface area (Å²) in [4.78, 5) is 1.39. The molecule has 1 fully saturated rings. The lowest BCUT2D eigenvalue weighted by molar-refractivity contribution is -0.146. The monoisotopic (exact) mass is 228 g/mol. The first kappa shape index (κ1) is 12.1. The molecule has 0 aromatic rings. The van der Waals surface area contributed by atoms with Gasteiger partial charge in [-0.05, 0) is 13.3 Å². The predicted octanol–water partition coefficient (Wildman–Crippen LogP) is 1.18. The summed E-state index contributed by atoms with van der Waals surface area (Å²) in [5, 5.41) is 3.38. The number of rotatable bonds is 3. The molecule has 84 valence electrons. The molecule has 1 saturated heterocycles. The molecule has 1 aliphatic heterocycles. The fourth-order valence-corrected chi connectivity index (χ4v) is 2.62. The van der Waals surface area contributed by atoms with Crippen molar-refractivity contribution < 1.29 is 13.2 Å². The number of hydrogen-bond donors (Lipinski definition) is 1. The molecule has 1 N–H and O–H groups in total. The molecule has 6 heteroatoms. The van der Waals surface area contributed by atoms with Gasteiger partial charge in [-0.15, -0.1) is 0 Å². The molecule has 0 aromatic carbocycles. The van der Waals surface area contributed by atoms with Gasteiger partial charge in [-0.2, -0.15) is 24.9 Å². The summed E-state index contributed by atoms with van der Waals surface area (Å²) in [6, 6.07) is -0.00775. The predicted molar refractivity (Wildman–Crippen MR) is 52.6 cm³/mol. The van der Waals surface area contributed by atoms with E-state index in [4.69, 9.17) is 0 Å². The Hall–Kier alpha value is 0.0600. The third-order valence-electron chi connectivity index (χ3n) is 2.43. The van der Waals surface area contributed by atoms with Gasteiger partial charge in [0.1, 0.15) is 0 Å². The molecular formula is C8H15F3N2S. The van der Waals surface area contributed by atoms with Crippen molar-refractivity contribution in [2.75, 3.05) is 32.9 Å². The fourth-order valence-electron chi connectivity index (χ4n) is 1.72. The summed E-state index contributed by atoms with van der Waals surface area (Å²) < 4.78 is 36.4. The first-order chi connectivity index (χ1) is 6.44. The van der Waals surface area contributed by atoms with Gasteiger partial charge in [-0.25, -0.2) is 0 Å². The number of alkyl halides is 3. The van der Waals surface area contributed by atoms with Crippen molar-refractivity contribution in [2.24, 2.45) is 0 Å². The maximum atomic E-state index is 12.1. The second kappa shape index (κ2) is 4.72. The van der Waals surface area contributed by atoms with Gasteiger partial charge in [0.2, 0.25) is 0 Å². The standard InChI is InChI=1S/C8H15F3N2S/c1-13(5-8(9,10)11)6-3-12-4-7(6)14-2/h6-7,12H,3-5H2,1-2H3. The number of thioether (sulfide) groups is 1. The zero-order valence-corrected chi connectivity index (χ0v) is 9.08. The van der Waals surface area contributed by atoms with Crippen molar-refractivity contribution in [1.82, 2.24) is 10.2 Å². The summed E-state index contributed by atoms with van der Waals surface area (Å²) in [6.45, 7) is 0.628. The van der Waals surface area contributed by atoms with E-state index in [2.05, 4.69) is 5.32 Å². The van der Waals surface area contributed by atoms with Gasteiger partial charge in [-0.1, -0.05) is 0 Å². The van der Waals surface area contributed by atoms with Crippen LogP contribution >= 0.6 is 11.8 Å². The van der Waals surface area contributed by atoms with Crippen LogP contribution in [0, 0.1) is 0 Å².